The number of likely N-dealkylation sites (tertiary alicyclic amines) is 1. The molecule has 2 heterocycles. The first-order valence-electron chi connectivity index (χ1n) is 5.87. The van der Waals surface area contributed by atoms with Crippen molar-refractivity contribution in [1.82, 2.24) is 9.88 Å². The molecule has 0 amide bonds. The van der Waals surface area contributed by atoms with Crippen LogP contribution in [0.5, 0.6) is 5.88 Å². The second kappa shape index (κ2) is 5.15. The largest absolute Gasteiger partial charge is 0.480 e. The fourth-order valence-electron chi connectivity index (χ4n) is 2.37. The van der Waals surface area contributed by atoms with E-state index in [0.29, 0.717) is 17.4 Å². The summed E-state index contributed by atoms with van der Waals surface area (Å²) in [6.07, 6.45) is 4.21. The lowest BCUT2D eigenvalue weighted by Crippen LogP contribution is -2.30. The normalized spacial score (nSPS) is 20.9. The Labute approximate surface area is 102 Å². The van der Waals surface area contributed by atoms with E-state index >= 15 is 0 Å². The molecule has 2 rings (SSSR count). The van der Waals surface area contributed by atoms with Gasteiger partial charge in [-0.3, -0.25) is 0 Å². The number of aromatic nitrogens is 1. The molecule has 1 saturated heterocycles. The van der Waals surface area contributed by atoms with Crippen LogP contribution in [0, 0.1) is 11.3 Å². The standard InChI is InChI=1S/C13H17N3O/c1-16-5-3-4-10(9-16)12-6-11(7-14)13(17-2)15-8-12/h6,8,10H,3-5,9H2,1-2H3. The second-order valence-corrected chi connectivity index (χ2v) is 4.54. The second-order valence-electron chi connectivity index (χ2n) is 4.54. The van der Waals surface area contributed by atoms with Gasteiger partial charge in [-0.2, -0.15) is 5.26 Å². The molecule has 17 heavy (non-hydrogen) atoms. The molecule has 1 aliphatic heterocycles. The Morgan fingerprint density at radius 3 is 3.06 bits per heavy atom. The van der Waals surface area contributed by atoms with Crippen LogP contribution >= 0.6 is 0 Å². The summed E-state index contributed by atoms with van der Waals surface area (Å²) in [5, 5.41) is 9.04. The van der Waals surface area contributed by atoms with Crippen molar-refractivity contribution in [3.63, 3.8) is 0 Å². The smallest absolute Gasteiger partial charge is 0.231 e. The van der Waals surface area contributed by atoms with Gasteiger partial charge in [0.15, 0.2) is 0 Å². The van der Waals surface area contributed by atoms with Crippen molar-refractivity contribution in [2.24, 2.45) is 0 Å². The van der Waals surface area contributed by atoms with Crippen LogP contribution in [0.1, 0.15) is 29.9 Å². The van der Waals surface area contributed by atoms with Crippen LogP contribution < -0.4 is 4.74 Å². The first-order chi connectivity index (χ1) is 8.24. The van der Waals surface area contributed by atoms with Crippen LogP contribution in [0.2, 0.25) is 0 Å². The number of likely N-dealkylation sites (N-methyl/N-ethyl adjacent to an activating group) is 1. The number of pyridine rings is 1. The molecule has 0 aliphatic carbocycles. The number of hydrogen-bond acceptors (Lipinski definition) is 4. The Morgan fingerprint density at radius 1 is 1.59 bits per heavy atom. The summed E-state index contributed by atoms with van der Waals surface area (Å²) in [6, 6.07) is 4.05. The Morgan fingerprint density at radius 2 is 2.41 bits per heavy atom. The molecule has 1 aromatic rings. The topological polar surface area (TPSA) is 49.1 Å². The highest BCUT2D eigenvalue weighted by atomic mass is 16.5. The van der Waals surface area contributed by atoms with Crippen LogP contribution in [0.3, 0.4) is 0 Å². The predicted molar refractivity (Wildman–Crippen MR) is 65.0 cm³/mol. The lowest BCUT2D eigenvalue weighted by atomic mass is 9.91. The highest BCUT2D eigenvalue weighted by Gasteiger charge is 2.20. The zero-order valence-electron chi connectivity index (χ0n) is 10.3. The number of nitriles is 1. The lowest BCUT2D eigenvalue weighted by molar-refractivity contribution is 0.250. The molecule has 4 heteroatoms. The number of piperidine rings is 1. The monoisotopic (exact) mass is 231 g/mol. The molecular formula is C13H17N3O. The number of methoxy groups -OCH3 is 1. The summed E-state index contributed by atoms with van der Waals surface area (Å²) >= 11 is 0. The zero-order valence-corrected chi connectivity index (χ0v) is 10.3. The van der Waals surface area contributed by atoms with Gasteiger partial charge in [0.2, 0.25) is 5.88 Å². The van der Waals surface area contributed by atoms with Crippen LogP contribution in [0.4, 0.5) is 0 Å². The first-order valence-corrected chi connectivity index (χ1v) is 5.87. The van der Waals surface area contributed by atoms with Crippen molar-refractivity contribution in [2.75, 3.05) is 27.2 Å². The van der Waals surface area contributed by atoms with Crippen LogP contribution in [-0.2, 0) is 0 Å². The average Bonchev–Trinajstić information content (AvgIpc) is 2.38. The summed E-state index contributed by atoms with van der Waals surface area (Å²) < 4.78 is 5.06. The SMILES string of the molecule is COc1ncc(C2CCCN(C)C2)cc1C#N. The molecule has 90 valence electrons. The molecule has 0 spiro atoms. The van der Waals surface area contributed by atoms with E-state index in [4.69, 9.17) is 10.00 Å². The molecule has 0 N–H and O–H groups in total. The minimum Gasteiger partial charge on any atom is -0.480 e. The summed E-state index contributed by atoms with van der Waals surface area (Å²) in [5.41, 5.74) is 1.67. The Balaban J connectivity index is 2.24. The quantitative estimate of drug-likeness (QED) is 0.778. The molecular weight excluding hydrogens is 214 g/mol. The Bertz CT molecular complexity index is 439. The van der Waals surface area contributed by atoms with E-state index in [0.717, 1.165) is 18.7 Å². The molecule has 1 atom stereocenters. The molecule has 1 aromatic heterocycles. The van der Waals surface area contributed by atoms with E-state index in [9.17, 15) is 0 Å². The maximum atomic E-state index is 9.04. The van der Waals surface area contributed by atoms with Gasteiger partial charge in [-0.1, -0.05) is 0 Å². The molecule has 0 saturated carbocycles. The molecule has 0 aromatic carbocycles. The Hall–Kier alpha value is -1.60. The summed E-state index contributed by atoms with van der Waals surface area (Å²) in [7, 11) is 3.67. The maximum absolute atomic E-state index is 9.04. The third-order valence-electron chi connectivity index (χ3n) is 3.28. The predicted octanol–water partition coefficient (Wildman–Crippen LogP) is 1.77. The van der Waals surface area contributed by atoms with Crippen molar-refractivity contribution in [3.8, 4) is 11.9 Å². The van der Waals surface area contributed by atoms with Gasteiger partial charge in [-0.15, -0.1) is 0 Å². The third kappa shape index (κ3) is 2.56. The van der Waals surface area contributed by atoms with Crippen LogP contribution in [0.25, 0.3) is 0 Å². The van der Waals surface area contributed by atoms with Gasteiger partial charge in [0.1, 0.15) is 11.6 Å². The van der Waals surface area contributed by atoms with E-state index in [1.165, 1.54) is 20.0 Å². The highest BCUT2D eigenvalue weighted by molar-refractivity contribution is 5.41. The van der Waals surface area contributed by atoms with Gasteiger partial charge < -0.3 is 9.64 Å². The van der Waals surface area contributed by atoms with Gasteiger partial charge >= 0.3 is 0 Å². The third-order valence-corrected chi connectivity index (χ3v) is 3.28. The van der Waals surface area contributed by atoms with Crippen molar-refractivity contribution in [3.05, 3.63) is 23.4 Å². The summed E-state index contributed by atoms with van der Waals surface area (Å²) in [6.45, 7) is 2.20. The minimum absolute atomic E-state index is 0.417. The molecule has 1 unspecified atom stereocenters. The van der Waals surface area contributed by atoms with E-state index < -0.39 is 0 Å². The highest BCUT2D eigenvalue weighted by Crippen LogP contribution is 2.28. The van der Waals surface area contributed by atoms with Crippen molar-refractivity contribution in [2.45, 2.75) is 18.8 Å². The van der Waals surface area contributed by atoms with E-state index in [1.807, 2.05) is 12.3 Å². The number of hydrogen-bond donors (Lipinski definition) is 0. The Kier molecular flexibility index (Phi) is 3.60. The van der Waals surface area contributed by atoms with Crippen LogP contribution in [0.15, 0.2) is 12.3 Å². The van der Waals surface area contributed by atoms with Gasteiger partial charge in [-0.05, 0) is 44.0 Å². The van der Waals surface area contributed by atoms with E-state index in [-0.39, 0.29) is 0 Å². The number of rotatable bonds is 2. The molecule has 4 nitrogen and oxygen atoms in total. The lowest BCUT2D eigenvalue weighted by Gasteiger charge is -2.29. The molecule has 1 aliphatic rings. The fourth-order valence-corrected chi connectivity index (χ4v) is 2.37. The summed E-state index contributed by atoms with van der Waals surface area (Å²) in [5.74, 6) is 0.902. The van der Waals surface area contributed by atoms with Crippen molar-refractivity contribution < 1.29 is 4.74 Å². The van der Waals surface area contributed by atoms with E-state index in [2.05, 4.69) is 23.0 Å². The number of nitrogens with zero attached hydrogens (tertiary/aromatic N) is 3. The van der Waals surface area contributed by atoms with Gasteiger partial charge in [0.25, 0.3) is 0 Å². The minimum atomic E-state index is 0.417. The molecule has 1 fully saturated rings. The fraction of sp³-hybridized carbons (Fsp3) is 0.538. The van der Waals surface area contributed by atoms with Gasteiger partial charge in [0, 0.05) is 12.7 Å². The zero-order chi connectivity index (χ0) is 12.3. The van der Waals surface area contributed by atoms with E-state index in [1.54, 1.807) is 0 Å². The van der Waals surface area contributed by atoms with Crippen molar-refractivity contribution >= 4 is 0 Å². The first kappa shape index (κ1) is 11.9. The van der Waals surface area contributed by atoms with Gasteiger partial charge in [-0.25, -0.2) is 4.98 Å². The molecule has 0 bridgehead atoms. The summed E-state index contributed by atoms with van der Waals surface area (Å²) in [4.78, 5) is 6.53. The van der Waals surface area contributed by atoms with Crippen molar-refractivity contribution in [1.29, 1.82) is 5.26 Å². The van der Waals surface area contributed by atoms with Crippen LogP contribution in [-0.4, -0.2) is 37.1 Å². The average molecular weight is 231 g/mol. The molecule has 0 radical (unpaired) electrons. The maximum Gasteiger partial charge on any atom is 0.231 e. The van der Waals surface area contributed by atoms with Gasteiger partial charge in [0.05, 0.1) is 7.11 Å². The number of ether oxygens (including phenoxy) is 1.